The number of fused-ring (bicyclic) bond motifs is 2. The summed E-state index contributed by atoms with van der Waals surface area (Å²) in [5, 5.41) is 4.83. The number of nitrogens with zero attached hydrogens (tertiary/aromatic N) is 3. The van der Waals surface area contributed by atoms with Crippen molar-refractivity contribution in [3.05, 3.63) is 52.4 Å². The normalized spacial score (nSPS) is 16.8. The third kappa shape index (κ3) is 5.23. The second-order valence-corrected chi connectivity index (χ2v) is 9.39. The van der Waals surface area contributed by atoms with E-state index < -0.39 is 0 Å². The van der Waals surface area contributed by atoms with Crippen LogP contribution in [0.15, 0.2) is 41.1 Å². The predicted molar refractivity (Wildman–Crippen MR) is 131 cm³/mol. The zero-order chi connectivity index (χ0) is 22.6. The molecule has 5 rings (SSSR count). The quantitative estimate of drug-likeness (QED) is 0.513. The summed E-state index contributed by atoms with van der Waals surface area (Å²) >= 11 is 3.71. The molecule has 4 heterocycles. The maximum Gasteiger partial charge on any atom is 0.179 e. The first-order chi connectivity index (χ1) is 16.2. The number of piperidine rings is 1. The van der Waals surface area contributed by atoms with Crippen LogP contribution in [0.5, 0.6) is 17.2 Å². The van der Waals surface area contributed by atoms with Gasteiger partial charge in [0.25, 0.3) is 0 Å². The fourth-order valence-electron chi connectivity index (χ4n) is 4.55. The largest absolute Gasteiger partial charge is 0.497 e. The number of rotatable bonds is 7. The number of halogens is 1. The predicted octanol–water partition coefficient (Wildman–Crippen LogP) is 3.97. The van der Waals surface area contributed by atoms with E-state index in [2.05, 4.69) is 42.2 Å². The lowest BCUT2D eigenvalue weighted by Gasteiger charge is -2.32. The lowest BCUT2D eigenvalue weighted by Crippen LogP contribution is -2.43. The first kappa shape index (κ1) is 22.4. The Morgan fingerprint density at radius 1 is 1.09 bits per heavy atom. The van der Waals surface area contributed by atoms with E-state index in [9.17, 15) is 0 Å². The highest BCUT2D eigenvalue weighted by atomic mass is 79.9. The lowest BCUT2D eigenvalue weighted by atomic mass is 10.0. The van der Waals surface area contributed by atoms with Crippen LogP contribution in [-0.4, -0.2) is 60.9 Å². The Morgan fingerprint density at radius 2 is 1.91 bits per heavy atom. The van der Waals surface area contributed by atoms with E-state index in [1.165, 1.54) is 5.56 Å². The molecule has 0 saturated carbocycles. The Hall–Kier alpha value is -2.42. The van der Waals surface area contributed by atoms with Gasteiger partial charge in [-0.05, 0) is 72.0 Å². The van der Waals surface area contributed by atoms with Gasteiger partial charge in [0.2, 0.25) is 0 Å². The van der Waals surface area contributed by atoms with Crippen molar-refractivity contribution in [3.63, 3.8) is 0 Å². The minimum Gasteiger partial charge on any atom is -0.497 e. The first-order valence-electron chi connectivity index (χ1n) is 11.5. The lowest BCUT2D eigenvalue weighted by molar-refractivity contribution is 0.170. The molecule has 0 amide bonds. The third-order valence-electron chi connectivity index (χ3n) is 6.46. The standard InChI is InChI=1S/C25H29BrN4O3/c1-31-19-2-3-23-21(13-19)20(22(26)15-29-23)6-9-30-7-4-17(5-8-30)27-14-18-12-24-25(16-28-18)33-11-10-32-24/h2-3,12-13,15-17,27H,4-11,14H2,1H3. The Kier molecular flexibility index (Phi) is 6.94. The molecular formula is C25H29BrN4O3. The van der Waals surface area contributed by atoms with Gasteiger partial charge in [0.1, 0.15) is 19.0 Å². The van der Waals surface area contributed by atoms with Crippen LogP contribution in [0.1, 0.15) is 24.1 Å². The molecule has 0 bridgehead atoms. The van der Waals surface area contributed by atoms with Crippen LogP contribution in [0.25, 0.3) is 10.9 Å². The molecule has 7 nitrogen and oxygen atoms in total. The minimum atomic E-state index is 0.508. The van der Waals surface area contributed by atoms with Crippen LogP contribution in [0, 0.1) is 0 Å². The number of hydrogen-bond acceptors (Lipinski definition) is 7. The highest BCUT2D eigenvalue weighted by molar-refractivity contribution is 9.10. The number of benzene rings is 1. The molecule has 174 valence electrons. The topological polar surface area (TPSA) is 68.7 Å². The van der Waals surface area contributed by atoms with E-state index in [4.69, 9.17) is 14.2 Å². The van der Waals surface area contributed by atoms with Crippen LogP contribution < -0.4 is 19.5 Å². The average Bonchev–Trinajstić information content (AvgIpc) is 2.87. The zero-order valence-electron chi connectivity index (χ0n) is 18.8. The van der Waals surface area contributed by atoms with Crippen molar-refractivity contribution >= 4 is 26.8 Å². The monoisotopic (exact) mass is 512 g/mol. The molecule has 1 fully saturated rings. The molecule has 1 saturated heterocycles. The maximum atomic E-state index is 5.67. The first-order valence-corrected chi connectivity index (χ1v) is 12.3. The van der Waals surface area contributed by atoms with E-state index in [0.717, 1.165) is 83.8 Å². The molecule has 1 N–H and O–H groups in total. The molecule has 0 unspecified atom stereocenters. The SMILES string of the molecule is COc1ccc2ncc(Br)c(CCN3CCC(NCc4cc5c(cn4)OCCO5)CC3)c2c1. The summed E-state index contributed by atoms with van der Waals surface area (Å²) in [6.07, 6.45) is 6.93. The number of aromatic nitrogens is 2. The van der Waals surface area contributed by atoms with Crippen LogP contribution in [0.4, 0.5) is 0 Å². The molecule has 0 spiro atoms. The van der Waals surface area contributed by atoms with Crippen LogP contribution in [-0.2, 0) is 13.0 Å². The molecule has 2 aliphatic rings. The van der Waals surface area contributed by atoms with Gasteiger partial charge < -0.3 is 24.4 Å². The third-order valence-corrected chi connectivity index (χ3v) is 7.14. The summed E-state index contributed by atoms with van der Waals surface area (Å²) in [4.78, 5) is 11.6. The Bertz CT molecular complexity index is 1120. The summed E-state index contributed by atoms with van der Waals surface area (Å²) in [6, 6.07) is 8.57. The average molecular weight is 513 g/mol. The number of likely N-dealkylation sites (tertiary alicyclic amines) is 1. The van der Waals surface area contributed by atoms with Gasteiger partial charge in [-0.25, -0.2) is 0 Å². The van der Waals surface area contributed by atoms with Crippen molar-refractivity contribution in [3.8, 4) is 17.2 Å². The summed E-state index contributed by atoms with van der Waals surface area (Å²) in [7, 11) is 1.70. The zero-order valence-corrected chi connectivity index (χ0v) is 20.4. The molecule has 2 aromatic heterocycles. The van der Waals surface area contributed by atoms with Crippen molar-refractivity contribution in [2.75, 3.05) is 40.0 Å². The fourth-order valence-corrected chi connectivity index (χ4v) is 5.06. The van der Waals surface area contributed by atoms with Gasteiger partial charge in [-0.2, -0.15) is 0 Å². The molecule has 0 atom stereocenters. The number of hydrogen-bond donors (Lipinski definition) is 1. The maximum absolute atomic E-state index is 5.67. The van der Waals surface area contributed by atoms with E-state index in [1.807, 2.05) is 24.4 Å². The van der Waals surface area contributed by atoms with Crippen molar-refractivity contribution in [1.29, 1.82) is 0 Å². The molecular weight excluding hydrogens is 484 g/mol. The summed E-state index contributed by atoms with van der Waals surface area (Å²) in [6.45, 7) is 5.16. The van der Waals surface area contributed by atoms with Gasteiger partial charge in [0, 0.05) is 41.3 Å². The van der Waals surface area contributed by atoms with Crippen LogP contribution in [0.2, 0.25) is 0 Å². The summed E-state index contributed by atoms with van der Waals surface area (Å²) in [5.74, 6) is 2.41. The van der Waals surface area contributed by atoms with Gasteiger partial charge in [0.15, 0.2) is 11.5 Å². The van der Waals surface area contributed by atoms with Gasteiger partial charge in [0.05, 0.1) is 24.5 Å². The number of methoxy groups -OCH3 is 1. The second kappa shape index (κ2) is 10.2. The van der Waals surface area contributed by atoms with Gasteiger partial charge in [-0.15, -0.1) is 0 Å². The van der Waals surface area contributed by atoms with Crippen molar-refractivity contribution in [1.82, 2.24) is 20.2 Å². The molecule has 1 aromatic carbocycles. The van der Waals surface area contributed by atoms with Crippen molar-refractivity contribution in [2.45, 2.75) is 31.8 Å². The molecule has 33 heavy (non-hydrogen) atoms. The summed E-state index contributed by atoms with van der Waals surface area (Å²) in [5.41, 5.74) is 3.29. The fraction of sp³-hybridized carbons (Fsp3) is 0.440. The van der Waals surface area contributed by atoms with Gasteiger partial charge in [-0.1, -0.05) is 0 Å². The van der Waals surface area contributed by atoms with Crippen molar-refractivity contribution in [2.24, 2.45) is 0 Å². The van der Waals surface area contributed by atoms with Crippen molar-refractivity contribution < 1.29 is 14.2 Å². The number of nitrogens with one attached hydrogen (secondary N) is 1. The highest BCUT2D eigenvalue weighted by Gasteiger charge is 2.20. The Labute approximate surface area is 202 Å². The second-order valence-electron chi connectivity index (χ2n) is 8.53. The molecule has 0 aliphatic carbocycles. The Balaban J connectivity index is 1.13. The summed E-state index contributed by atoms with van der Waals surface area (Å²) < 4.78 is 17.7. The molecule has 0 radical (unpaired) electrons. The van der Waals surface area contributed by atoms with Gasteiger partial charge >= 0.3 is 0 Å². The van der Waals surface area contributed by atoms with Crippen LogP contribution in [0.3, 0.4) is 0 Å². The highest BCUT2D eigenvalue weighted by Crippen LogP contribution is 2.30. The minimum absolute atomic E-state index is 0.508. The van der Waals surface area contributed by atoms with E-state index >= 15 is 0 Å². The smallest absolute Gasteiger partial charge is 0.179 e. The number of ether oxygens (including phenoxy) is 3. The van der Waals surface area contributed by atoms with Gasteiger partial charge in [-0.3, -0.25) is 9.97 Å². The molecule has 8 heteroatoms. The van der Waals surface area contributed by atoms with E-state index in [0.29, 0.717) is 19.3 Å². The molecule has 3 aromatic rings. The Morgan fingerprint density at radius 3 is 2.73 bits per heavy atom. The van der Waals surface area contributed by atoms with Crippen LogP contribution >= 0.6 is 15.9 Å². The molecule has 2 aliphatic heterocycles. The van der Waals surface area contributed by atoms with E-state index in [1.54, 1.807) is 13.3 Å². The number of pyridine rings is 2. The van der Waals surface area contributed by atoms with E-state index in [-0.39, 0.29) is 0 Å².